The number of ether oxygens (including phenoxy) is 1. The number of hydrogen-bond acceptors (Lipinski definition) is 1. The van der Waals surface area contributed by atoms with Crippen LogP contribution in [0.1, 0.15) is 19.3 Å². The third-order valence-electron chi connectivity index (χ3n) is 1.77. The fourth-order valence-corrected chi connectivity index (χ4v) is 1.37. The molecule has 1 aliphatic rings. The van der Waals surface area contributed by atoms with Crippen LogP contribution in [0.25, 0.3) is 0 Å². The molecular formula is C8H13ClO. The zero-order valence-electron chi connectivity index (χ0n) is 6.27. The van der Waals surface area contributed by atoms with Crippen LogP contribution in [-0.4, -0.2) is 19.1 Å². The molecule has 1 unspecified atom stereocenters. The van der Waals surface area contributed by atoms with Crippen LogP contribution in [0.15, 0.2) is 11.6 Å². The number of allylic oxidation sites excluding steroid dienone is 1. The molecule has 0 aromatic heterocycles. The Morgan fingerprint density at radius 1 is 1.80 bits per heavy atom. The minimum absolute atomic E-state index is 0.362. The first-order valence-corrected chi connectivity index (χ1v) is 4.07. The van der Waals surface area contributed by atoms with Crippen molar-refractivity contribution in [2.24, 2.45) is 0 Å². The van der Waals surface area contributed by atoms with Crippen molar-refractivity contribution in [3.63, 3.8) is 0 Å². The molecule has 0 saturated heterocycles. The van der Waals surface area contributed by atoms with Gasteiger partial charge >= 0.3 is 0 Å². The lowest BCUT2D eigenvalue weighted by Gasteiger charge is -2.15. The summed E-state index contributed by atoms with van der Waals surface area (Å²) in [6, 6.07) is 0. The predicted octanol–water partition coefficient (Wildman–Crippen LogP) is 2.35. The third kappa shape index (κ3) is 2.31. The molecule has 1 atom stereocenters. The van der Waals surface area contributed by atoms with Crippen molar-refractivity contribution < 1.29 is 4.74 Å². The number of rotatable bonds is 2. The van der Waals surface area contributed by atoms with E-state index >= 15 is 0 Å². The molecular weight excluding hydrogens is 148 g/mol. The first kappa shape index (κ1) is 8.09. The average molecular weight is 161 g/mol. The van der Waals surface area contributed by atoms with Gasteiger partial charge in [-0.3, -0.25) is 0 Å². The molecule has 10 heavy (non-hydrogen) atoms. The second-order valence-electron chi connectivity index (χ2n) is 2.67. The van der Waals surface area contributed by atoms with Crippen LogP contribution in [-0.2, 0) is 4.74 Å². The Hall–Kier alpha value is -0.0100. The molecule has 0 heterocycles. The minimum Gasteiger partial charge on any atom is -0.380 e. The molecule has 1 nitrogen and oxygen atoms in total. The predicted molar refractivity (Wildman–Crippen MR) is 43.5 cm³/mol. The van der Waals surface area contributed by atoms with Crippen LogP contribution < -0.4 is 0 Å². The minimum atomic E-state index is 0.362. The van der Waals surface area contributed by atoms with E-state index in [0.717, 1.165) is 25.9 Å². The first-order chi connectivity index (χ1) is 4.83. The Morgan fingerprint density at radius 2 is 2.60 bits per heavy atom. The molecule has 58 valence electrons. The van der Waals surface area contributed by atoms with E-state index in [1.807, 2.05) is 0 Å². The summed E-state index contributed by atoms with van der Waals surface area (Å²) >= 11 is 5.90. The Balaban J connectivity index is 2.33. The van der Waals surface area contributed by atoms with Gasteiger partial charge in [0.15, 0.2) is 0 Å². The number of methoxy groups -OCH3 is 1. The normalized spacial score (nSPS) is 26.2. The van der Waals surface area contributed by atoms with Crippen molar-refractivity contribution in [3.8, 4) is 0 Å². The number of halogens is 1. The molecule has 0 amide bonds. The maximum Gasteiger partial charge on any atom is 0.0673 e. The maximum absolute atomic E-state index is 5.90. The SMILES string of the molecule is COCC1=CCC(Cl)CC1. The third-order valence-corrected chi connectivity index (χ3v) is 2.17. The van der Waals surface area contributed by atoms with Gasteiger partial charge in [0.25, 0.3) is 0 Å². The van der Waals surface area contributed by atoms with Crippen LogP contribution in [0, 0.1) is 0 Å². The lowest BCUT2D eigenvalue weighted by molar-refractivity contribution is 0.221. The highest BCUT2D eigenvalue weighted by Crippen LogP contribution is 2.21. The van der Waals surface area contributed by atoms with E-state index in [4.69, 9.17) is 16.3 Å². The molecule has 0 saturated carbocycles. The lowest BCUT2D eigenvalue weighted by atomic mass is 10.00. The number of alkyl halides is 1. The van der Waals surface area contributed by atoms with Gasteiger partial charge in [-0.05, 0) is 24.8 Å². The maximum atomic E-state index is 5.90. The summed E-state index contributed by atoms with van der Waals surface area (Å²) in [6.45, 7) is 0.781. The van der Waals surface area contributed by atoms with Gasteiger partial charge in [0.1, 0.15) is 0 Å². The van der Waals surface area contributed by atoms with E-state index in [2.05, 4.69) is 6.08 Å². The largest absolute Gasteiger partial charge is 0.380 e. The van der Waals surface area contributed by atoms with Crippen LogP contribution in [0.4, 0.5) is 0 Å². The quantitative estimate of drug-likeness (QED) is 0.445. The van der Waals surface area contributed by atoms with Crippen LogP contribution in [0.3, 0.4) is 0 Å². The summed E-state index contributed by atoms with van der Waals surface area (Å²) in [6.07, 6.45) is 5.43. The monoisotopic (exact) mass is 160 g/mol. The fourth-order valence-electron chi connectivity index (χ4n) is 1.17. The average Bonchev–Trinajstić information content (AvgIpc) is 1.95. The van der Waals surface area contributed by atoms with Gasteiger partial charge in [0.2, 0.25) is 0 Å². The van der Waals surface area contributed by atoms with Gasteiger partial charge in [-0.25, -0.2) is 0 Å². The Morgan fingerprint density at radius 3 is 3.10 bits per heavy atom. The van der Waals surface area contributed by atoms with E-state index < -0.39 is 0 Å². The Kier molecular flexibility index (Phi) is 3.23. The van der Waals surface area contributed by atoms with Crippen molar-refractivity contribution in [3.05, 3.63) is 11.6 Å². The Labute approximate surface area is 67.0 Å². The summed E-state index contributed by atoms with van der Waals surface area (Å²) in [5.74, 6) is 0. The topological polar surface area (TPSA) is 9.23 Å². The smallest absolute Gasteiger partial charge is 0.0673 e. The molecule has 1 rings (SSSR count). The van der Waals surface area contributed by atoms with E-state index in [0.29, 0.717) is 5.38 Å². The molecule has 0 fully saturated rings. The fraction of sp³-hybridized carbons (Fsp3) is 0.750. The van der Waals surface area contributed by atoms with Crippen molar-refractivity contribution in [1.82, 2.24) is 0 Å². The zero-order valence-corrected chi connectivity index (χ0v) is 7.03. The van der Waals surface area contributed by atoms with Crippen LogP contribution in [0.2, 0.25) is 0 Å². The van der Waals surface area contributed by atoms with Crippen molar-refractivity contribution in [2.75, 3.05) is 13.7 Å². The second-order valence-corrected chi connectivity index (χ2v) is 3.28. The van der Waals surface area contributed by atoms with Gasteiger partial charge in [-0.15, -0.1) is 11.6 Å². The molecule has 1 aliphatic carbocycles. The van der Waals surface area contributed by atoms with Crippen molar-refractivity contribution >= 4 is 11.6 Å². The number of hydrogen-bond donors (Lipinski definition) is 0. The first-order valence-electron chi connectivity index (χ1n) is 3.64. The second kappa shape index (κ2) is 3.99. The van der Waals surface area contributed by atoms with Gasteiger partial charge in [0, 0.05) is 12.5 Å². The molecule has 0 aromatic carbocycles. The van der Waals surface area contributed by atoms with Crippen molar-refractivity contribution in [1.29, 1.82) is 0 Å². The van der Waals surface area contributed by atoms with Gasteiger partial charge in [0.05, 0.1) is 6.61 Å². The Bertz CT molecular complexity index is 131. The molecule has 2 heteroatoms. The van der Waals surface area contributed by atoms with Crippen LogP contribution in [0.5, 0.6) is 0 Å². The summed E-state index contributed by atoms with van der Waals surface area (Å²) in [5, 5.41) is 0.362. The van der Waals surface area contributed by atoms with Gasteiger partial charge < -0.3 is 4.74 Å². The van der Waals surface area contributed by atoms with Crippen LogP contribution >= 0.6 is 11.6 Å². The summed E-state index contributed by atoms with van der Waals surface area (Å²) < 4.78 is 5.01. The van der Waals surface area contributed by atoms with Gasteiger partial charge in [-0.2, -0.15) is 0 Å². The summed E-state index contributed by atoms with van der Waals surface area (Å²) in [5.41, 5.74) is 1.40. The van der Waals surface area contributed by atoms with Gasteiger partial charge in [-0.1, -0.05) is 6.08 Å². The van der Waals surface area contributed by atoms with E-state index in [1.165, 1.54) is 5.57 Å². The highest BCUT2D eigenvalue weighted by atomic mass is 35.5. The lowest BCUT2D eigenvalue weighted by Crippen LogP contribution is -2.07. The molecule has 0 bridgehead atoms. The zero-order chi connectivity index (χ0) is 7.40. The van der Waals surface area contributed by atoms with E-state index in [9.17, 15) is 0 Å². The van der Waals surface area contributed by atoms with E-state index in [1.54, 1.807) is 7.11 Å². The summed E-state index contributed by atoms with van der Waals surface area (Å²) in [4.78, 5) is 0. The standard InChI is InChI=1S/C8H13ClO/c1-10-6-7-2-4-8(9)5-3-7/h2,8H,3-6H2,1H3. The van der Waals surface area contributed by atoms with E-state index in [-0.39, 0.29) is 0 Å². The molecule has 0 spiro atoms. The molecule has 0 radical (unpaired) electrons. The highest BCUT2D eigenvalue weighted by molar-refractivity contribution is 6.20. The summed E-state index contributed by atoms with van der Waals surface area (Å²) in [7, 11) is 1.73. The molecule has 0 N–H and O–H groups in total. The molecule has 0 aliphatic heterocycles. The highest BCUT2D eigenvalue weighted by Gasteiger charge is 2.10. The van der Waals surface area contributed by atoms with Crippen molar-refractivity contribution in [2.45, 2.75) is 24.6 Å². The molecule has 0 aromatic rings.